The summed E-state index contributed by atoms with van der Waals surface area (Å²) in [6, 6.07) is 15.2. The minimum Gasteiger partial charge on any atom is -0.358 e. The second kappa shape index (κ2) is 5.24. The quantitative estimate of drug-likeness (QED) is 0.699. The molecule has 3 rings (SSSR count). The molecule has 0 spiro atoms. The van der Waals surface area contributed by atoms with Crippen LogP contribution >= 0.6 is 22.6 Å². The molecule has 0 aliphatic heterocycles. The van der Waals surface area contributed by atoms with Crippen molar-refractivity contribution in [1.82, 2.24) is 9.55 Å². The molecule has 0 bridgehead atoms. The van der Waals surface area contributed by atoms with Crippen molar-refractivity contribution < 1.29 is 0 Å². The number of fused-ring (bicyclic) bond motifs is 1. The molecule has 100 valence electrons. The molecule has 0 aliphatic rings. The molecule has 2 aromatic carbocycles. The zero-order chi connectivity index (χ0) is 14.1. The van der Waals surface area contributed by atoms with Crippen LogP contribution < -0.4 is 10.9 Å². The van der Waals surface area contributed by atoms with Crippen molar-refractivity contribution in [1.29, 1.82) is 0 Å². The van der Waals surface area contributed by atoms with Crippen LogP contribution in [-0.4, -0.2) is 16.6 Å². The zero-order valence-electron chi connectivity index (χ0n) is 10.8. The lowest BCUT2D eigenvalue weighted by molar-refractivity contribution is 0.967. The van der Waals surface area contributed by atoms with Crippen LogP contribution in [0.15, 0.2) is 53.3 Å². The number of rotatable bonds is 2. The summed E-state index contributed by atoms with van der Waals surface area (Å²) in [5, 5.41) is 3.62. The lowest BCUT2D eigenvalue weighted by atomic mass is 10.2. The van der Waals surface area contributed by atoms with Crippen molar-refractivity contribution in [3.05, 3.63) is 62.5 Å². The molecular formula is C15H12IN3O. The molecule has 0 fully saturated rings. The summed E-state index contributed by atoms with van der Waals surface area (Å²) in [5.74, 6) is 0.537. The first-order valence-electron chi connectivity index (χ1n) is 6.16. The third-order valence-electron chi connectivity index (χ3n) is 3.07. The Bertz CT molecular complexity index is 828. The van der Waals surface area contributed by atoms with Crippen LogP contribution in [0.25, 0.3) is 16.6 Å². The van der Waals surface area contributed by atoms with Gasteiger partial charge in [0.1, 0.15) is 0 Å². The lowest BCUT2D eigenvalue weighted by Crippen LogP contribution is -2.22. The molecule has 20 heavy (non-hydrogen) atoms. The van der Waals surface area contributed by atoms with Gasteiger partial charge in [0.05, 0.1) is 16.6 Å². The number of aromatic nitrogens is 2. The van der Waals surface area contributed by atoms with Crippen LogP contribution in [0.4, 0.5) is 5.95 Å². The van der Waals surface area contributed by atoms with Gasteiger partial charge in [0.15, 0.2) is 0 Å². The fraction of sp³-hybridized carbons (Fsp3) is 0.0667. The largest absolute Gasteiger partial charge is 0.358 e. The molecular weight excluding hydrogens is 365 g/mol. The average Bonchev–Trinajstić information content (AvgIpc) is 2.48. The first kappa shape index (κ1) is 13.1. The van der Waals surface area contributed by atoms with Gasteiger partial charge in [-0.2, -0.15) is 0 Å². The molecule has 1 N–H and O–H groups in total. The van der Waals surface area contributed by atoms with Crippen LogP contribution in [0.1, 0.15) is 0 Å². The summed E-state index contributed by atoms with van der Waals surface area (Å²) in [5.41, 5.74) is 1.44. The van der Waals surface area contributed by atoms with E-state index >= 15 is 0 Å². The van der Waals surface area contributed by atoms with Crippen LogP contribution in [0.3, 0.4) is 0 Å². The van der Waals surface area contributed by atoms with Gasteiger partial charge in [-0.3, -0.25) is 4.79 Å². The van der Waals surface area contributed by atoms with E-state index in [4.69, 9.17) is 0 Å². The maximum absolute atomic E-state index is 12.7. The van der Waals surface area contributed by atoms with Crippen molar-refractivity contribution in [2.24, 2.45) is 0 Å². The molecule has 0 atom stereocenters. The molecule has 0 radical (unpaired) electrons. The Kier molecular flexibility index (Phi) is 3.43. The van der Waals surface area contributed by atoms with Gasteiger partial charge in [-0.15, -0.1) is 0 Å². The van der Waals surface area contributed by atoms with E-state index in [2.05, 4.69) is 32.9 Å². The first-order chi connectivity index (χ1) is 9.70. The molecule has 5 heteroatoms. The number of nitrogens with zero attached hydrogens (tertiary/aromatic N) is 2. The third-order valence-corrected chi connectivity index (χ3v) is 3.74. The Morgan fingerprint density at radius 2 is 1.90 bits per heavy atom. The van der Waals surface area contributed by atoms with Gasteiger partial charge >= 0.3 is 0 Å². The zero-order valence-corrected chi connectivity index (χ0v) is 13.0. The highest BCUT2D eigenvalue weighted by Gasteiger charge is 2.11. The molecule has 0 amide bonds. The Hall–Kier alpha value is -1.89. The minimum atomic E-state index is -0.0657. The van der Waals surface area contributed by atoms with Crippen LogP contribution in [0, 0.1) is 3.57 Å². The fourth-order valence-corrected chi connectivity index (χ4v) is 2.63. The molecule has 0 aliphatic carbocycles. The molecule has 0 saturated heterocycles. The van der Waals surface area contributed by atoms with E-state index in [1.54, 1.807) is 11.6 Å². The van der Waals surface area contributed by atoms with Crippen LogP contribution in [0.2, 0.25) is 0 Å². The minimum absolute atomic E-state index is 0.0657. The van der Waals surface area contributed by atoms with Crippen molar-refractivity contribution >= 4 is 39.4 Å². The predicted molar refractivity (Wildman–Crippen MR) is 89.6 cm³/mol. The molecule has 1 heterocycles. The molecule has 4 nitrogen and oxygen atoms in total. The van der Waals surface area contributed by atoms with E-state index in [9.17, 15) is 4.79 Å². The summed E-state index contributed by atoms with van der Waals surface area (Å²) in [7, 11) is 1.76. The van der Waals surface area contributed by atoms with Gasteiger partial charge in [0.2, 0.25) is 5.95 Å². The topological polar surface area (TPSA) is 46.9 Å². The molecule has 0 saturated carbocycles. The van der Waals surface area contributed by atoms with Gasteiger partial charge in [0.25, 0.3) is 5.56 Å². The van der Waals surface area contributed by atoms with E-state index in [0.29, 0.717) is 16.9 Å². The summed E-state index contributed by atoms with van der Waals surface area (Å²) >= 11 is 2.20. The number of anilines is 1. The van der Waals surface area contributed by atoms with Crippen molar-refractivity contribution in [3.8, 4) is 5.69 Å². The lowest BCUT2D eigenvalue weighted by Gasteiger charge is -2.12. The van der Waals surface area contributed by atoms with E-state index in [1.165, 1.54) is 0 Å². The average molecular weight is 377 g/mol. The predicted octanol–water partition coefficient (Wildman–Crippen LogP) is 3.03. The first-order valence-corrected chi connectivity index (χ1v) is 7.24. The van der Waals surface area contributed by atoms with Crippen LogP contribution in [0.5, 0.6) is 0 Å². The number of halogens is 1. The Labute approximate surface area is 129 Å². The second-order valence-electron chi connectivity index (χ2n) is 4.32. The Morgan fingerprint density at radius 1 is 1.15 bits per heavy atom. The summed E-state index contributed by atoms with van der Waals surface area (Å²) in [4.78, 5) is 17.3. The highest BCUT2D eigenvalue weighted by Crippen LogP contribution is 2.17. The third kappa shape index (κ3) is 2.18. The van der Waals surface area contributed by atoms with E-state index in [0.717, 1.165) is 9.26 Å². The maximum atomic E-state index is 12.7. The monoisotopic (exact) mass is 377 g/mol. The summed E-state index contributed by atoms with van der Waals surface area (Å²) < 4.78 is 2.61. The molecule has 3 aromatic rings. The van der Waals surface area contributed by atoms with Gasteiger partial charge in [-0.25, -0.2) is 9.55 Å². The van der Waals surface area contributed by atoms with Gasteiger partial charge in [-0.05, 0) is 52.9 Å². The van der Waals surface area contributed by atoms with E-state index in [-0.39, 0.29) is 5.56 Å². The van der Waals surface area contributed by atoms with Gasteiger partial charge < -0.3 is 5.32 Å². The molecule has 0 unspecified atom stereocenters. The smallest absolute Gasteiger partial charge is 0.267 e. The van der Waals surface area contributed by atoms with Crippen molar-refractivity contribution in [2.45, 2.75) is 0 Å². The number of para-hydroxylation sites is 1. The maximum Gasteiger partial charge on any atom is 0.267 e. The van der Waals surface area contributed by atoms with E-state index in [1.807, 2.05) is 48.5 Å². The molecule has 1 aromatic heterocycles. The van der Waals surface area contributed by atoms with Gasteiger partial charge in [0, 0.05) is 10.6 Å². The highest BCUT2D eigenvalue weighted by molar-refractivity contribution is 14.1. The standard InChI is InChI=1S/C15H12IN3O/c1-17-15-18-13-8-7-10(16)9-12(13)14(20)19(15)11-5-3-2-4-6-11/h2-9H,1H3,(H,17,18). The van der Waals surface area contributed by atoms with Gasteiger partial charge in [-0.1, -0.05) is 18.2 Å². The summed E-state index contributed by atoms with van der Waals surface area (Å²) in [6.07, 6.45) is 0. The number of hydrogen-bond donors (Lipinski definition) is 1. The Morgan fingerprint density at radius 3 is 2.60 bits per heavy atom. The number of hydrogen-bond acceptors (Lipinski definition) is 3. The number of benzene rings is 2. The van der Waals surface area contributed by atoms with E-state index < -0.39 is 0 Å². The summed E-state index contributed by atoms with van der Waals surface area (Å²) in [6.45, 7) is 0. The Balaban J connectivity index is 2.41. The highest BCUT2D eigenvalue weighted by atomic mass is 127. The van der Waals surface area contributed by atoms with Crippen LogP contribution in [-0.2, 0) is 0 Å². The fourth-order valence-electron chi connectivity index (χ4n) is 2.14. The SMILES string of the molecule is CNc1nc2ccc(I)cc2c(=O)n1-c1ccccc1. The number of nitrogens with one attached hydrogen (secondary N) is 1. The normalized spacial score (nSPS) is 10.7. The second-order valence-corrected chi connectivity index (χ2v) is 5.57. The van der Waals surface area contributed by atoms with Crippen molar-refractivity contribution in [2.75, 3.05) is 12.4 Å². The van der Waals surface area contributed by atoms with Crippen molar-refractivity contribution in [3.63, 3.8) is 0 Å².